The summed E-state index contributed by atoms with van der Waals surface area (Å²) >= 11 is 0. The Labute approximate surface area is 317 Å². The highest BCUT2D eigenvalue weighted by molar-refractivity contribution is 5.96. The molecule has 5 aromatic rings. The van der Waals surface area contributed by atoms with Gasteiger partial charge in [0.1, 0.15) is 17.3 Å². The van der Waals surface area contributed by atoms with Gasteiger partial charge in [0.2, 0.25) is 5.75 Å². The maximum atomic E-state index is 13.1. The van der Waals surface area contributed by atoms with Gasteiger partial charge >= 0.3 is 0 Å². The van der Waals surface area contributed by atoms with E-state index in [9.17, 15) is 4.79 Å². The van der Waals surface area contributed by atoms with Crippen molar-refractivity contribution < 1.29 is 38.0 Å². The van der Waals surface area contributed by atoms with Gasteiger partial charge in [-0.15, -0.1) is 0 Å². The van der Waals surface area contributed by atoms with E-state index in [0.717, 1.165) is 56.3 Å². The summed E-state index contributed by atoms with van der Waals surface area (Å²) in [6, 6.07) is 23.8. The molecule has 0 unspecified atom stereocenters. The second kappa shape index (κ2) is 19.1. The van der Waals surface area contributed by atoms with E-state index in [0.29, 0.717) is 81.0 Å². The average molecular weight is 738 g/mol. The normalized spacial score (nSPS) is 11.0. The van der Waals surface area contributed by atoms with Crippen LogP contribution in [0.3, 0.4) is 0 Å². The molecule has 54 heavy (non-hydrogen) atoms. The molecule has 286 valence electrons. The van der Waals surface area contributed by atoms with Crippen molar-refractivity contribution in [1.29, 1.82) is 0 Å². The molecule has 5 rings (SSSR count). The highest BCUT2D eigenvalue weighted by Crippen LogP contribution is 2.44. The molecule has 11 heteroatoms. The number of aryl methyl sites for hydroxylation is 2. The number of nitrogens with two attached hydrogens (primary N) is 1. The topological polar surface area (TPSA) is 126 Å². The minimum atomic E-state index is 0.0665. The van der Waals surface area contributed by atoms with E-state index in [1.165, 1.54) is 0 Å². The molecule has 0 aliphatic rings. The molecular weight excluding hydrogens is 686 g/mol. The molecule has 0 radical (unpaired) electrons. The van der Waals surface area contributed by atoms with Crippen molar-refractivity contribution in [3.05, 3.63) is 95.1 Å². The first-order valence-electron chi connectivity index (χ1n) is 17.9. The fourth-order valence-electron chi connectivity index (χ4n) is 6.45. The second-order valence-corrected chi connectivity index (χ2v) is 12.7. The van der Waals surface area contributed by atoms with Crippen LogP contribution in [-0.4, -0.2) is 83.9 Å². The number of ether oxygens (including phenoxy) is 7. The van der Waals surface area contributed by atoms with E-state index in [-0.39, 0.29) is 5.78 Å². The maximum absolute atomic E-state index is 13.1. The highest BCUT2D eigenvalue weighted by Gasteiger charge is 2.25. The van der Waals surface area contributed by atoms with Crippen molar-refractivity contribution in [3.8, 4) is 62.7 Å². The molecule has 2 N–H and O–H groups in total. The molecule has 0 atom stereocenters. The third kappa shape index (κ3) is 9.22. The Balaban J connectivity index is 1.59. The molecule has 0 aliphatic carbocycles. The maximum Gasteiger partial charge on any atom is 0.203 e. The molecule has 11 nitrogen and oxygen atoms in total. The van der Waals surface area contributed by atoms with Gasteiger partial charge in [0, 0.05) is 48.4 Å². The molecule has 0 amide bonds. The lowest BCUT2D eigenvalue weighted by molar-refractivity contribution is 0.0489. The number of imidazole rings is 1. The van der Waals surface area contributed by atoms with Crippen LogP contribution in [0.15, 0.2) is 72.8 Å². The monoisotopic (exact) mass is 737 g/mol. The summed E-state index contributed by atoms with van der Waals surface area (Å²) in [5.74, 6) is 3.85. The lowest BCUT2D eigenvalue weighted by Crippen LogP contribution is -2.12. The van der Waals surface area contributed by atoms with Crippen LogP contribution in [0.5, 0.6) is 28.7 Å². The SMILES string of the molecule is COc1ccc(-c2nc(-c3cc(OC)c(OC)c(OC)c3)n(Cc3ccc(C(=O)CCCOCCOCCN)cc3)c2-c2ccc(OC)c(C)c2)cc1C. The molecule has 1 aromatic heterocycles. The summed E-state index contributed by atoms with van der Waals surface area (Å²) in [6.45, 7) is 6.95. The van der Waals surface area contributed by atoms with Crippen molar-refractivity contribution in [2.75, 3.05) is 68.5 Å². The van der Waals surface area contributed by atoms with Crippen molar-refractivity contribution >= 4 is 5.78 Å². The van der Waals surface area contributed by atoms with E-state index in [2.05, 4.69) is 22.8 Å². The Morgan fingerprint density at radius 1 is 0.648 bits per heavy atom. The van der Waals surface area contributed by atoms with Crippen LogP contribution >= 0.6 is 0 Å². The highest BCUT2D eigenvalue weighted by atomic mass is 16.5. The van der Waals surface area contributed by atoms with Gasteiger partial charge in [-0.25, -0.2) is 4.98 Å². The van der Waals surface area contributed by atoms with Gasteiger partial charge in [-0.05, 0) is 85.5 Å². The molecule has 0 spiro atoms. The molecule has 0 saturated carbocycles. The van der Waals surface area contributed by atoms with Crippen molar-refractivity contribution in [3.63, 3.8) is 0 Å². The van der Waals surface area contributed by atoms with Crippen LogP contribution < -0.4 is 29.4 Å². The number of hydrogen-bond acceptors (Lipinski definition) is 10. The van der Waals surface area contributed by atoms with Crippen molar-refractivity contribution in [1.82, 2.24) is 9.55 Å². The standard InChI is InChI=1S/C43H51N3O8/c1-28-23-32(14-16-36(28)48-3)40-41(33-15-17-37(49-4)29(2)24-33)46(43(45-40)34-25-38(50-5)42(52-7)39(26-34)51-6)27-30-10-12-31(13-11-30)35(47)9-8-19-53-21-22-54-20-18-44/h10-17,23-26H,8-9,18-22,27,44H2,1-7H3. The second-order valence-electron chi connectivity index (χ2n) is 12.7. The lowest BCUT2D eigenvalue weighted by Gasteiger charge is -2.17. The first kappa shape index (κ1) is 39.8. The lowest BCUT2D eigenvalue weighted by atomic mass is 10.0. The van der Waals surface area contributed by atoms with Gasteiger partial charge < -0.3 is 43.5 Å². The molecule has 0 saturated heterocycles. The van der Waals surface area contributed by atoms with Crippen LogP contribution in [0.25, 0.3) is 33.9 Å². The van der Waals surface area contributed by atoms with Gasteiger partial charge in [-0.1, -0.05) is 24.3 Å². The minimum Gasteiger partial charge on any atom is -0.496 e. The van der Waals surface area contributed by atoms with Crippen LogP contribution in [0, 0.1) is 13.8 Å². The number of ketones is 1. The fourth-order valence-corrected chi connectivity index (χ4v) is 6.45. The molecule has 4 aromatic carbocycles. The molecular formula is C43H51N3O8. The largest absolute Gasteiger partial charge is 0.496 e. The average Bonchev–Trinajstić information content (AvgIpc) is 3.57. The quantitative estimate of drug-likeness (QED) is 0.0633. The van der Waals surface area contributed by atoms with E-state index in [4.69, 9.17) is 43.9 Å². The van der Waals surface area contributed by atoms with Gasteiger partial charge in [0.15, 0.2) is 17.3 Å². The van der Waals surface area contributed by atoms with Crippen molar-refractivity contribution in [2.45, 2.75) is 33.2 Å². The Morgan fingerprint density at radius 2 is 1.22 bits per heavy atom. The molecule has 0 bridgehead atoms. The fraction of sp³-hybridized carbons (Fsp3) is 0.349. The van der Waals surface area contributed by atoms with Gasteiger partial charge in [0.05, 0.1) is 66.8 Å². The minimum absolute atomic E-state index is 0.0665. The zero-order valence-corrected chi connectivity index (χ0v) is 32.3. The van der Waals surface area contributed by atoms with E-state index < -0.39 is 0 Å². The smallest absolute Gasteiger partial charge is 0.203 e. The van der Waals surface area contributed by atoms with Gasteiger partial charge in [-0.3, -0.25) is 4.79 Å². The zero-order valence-electron chi connectivity index (χ0n) is 32.3. The molecule has 1 heterocycles. The predicted molar refractivity (Wildman–Crippen MR) is 211 cm³/mol. The number of benzene rings is 4. The zero-order chi connectivity index (χ0) is 38.6. The summed E-state index contributed by atoms with van der Waals surface area (Å²) in [7, 11) is 8.12. The Morgan fingerprint density at radius 3 is 1.78 bits per heavy atom. The summed E-state index contributed by atoms with van der Waals surface area (Å²) in [4.78, 5) is 18.5. The summed E-state index contributed by atoms with van der Waals surface area (Å²) in [6.07, 6.45) is 1.02. The van der Waals surface area contributed by atoms with E-state index in [1.807, 2.05) is 68.4 Å². The summed E-state index contributed by atoms with van der Waals surface area (Å²) in [5.41, 5.74) is 13.4. The Bertz CT molecular complexity index is 2000. The van der Waals surface area contributed by atoms with Crippen LogP contribution in [0.2, 0.25) is 0 Å². The Hall–Kier alpha value is -5.36. The van der Waals surface area contributed by atoms with Crippen LogP contribution in [0.4, 0.5) is 0 Å². The van der Waals surface area contributed by atoms with Crippen molar-refractivity contribution in [2.24, 2.45) is 5.73 Å². The predicted octanol–water partition coefficient (Wildman–Crippen LogP) is 7.55. The van der Waals surface area contributed by atoms with Gasteiger partial charge in [-0.2, -0.15) is 0 Å². The van der Waals surface area contributed by atoms with E-state index >= 15 is 0 Å². The number of nitrogens with zero attached hydrogens (tertiary/aromatic N) is 2. The first-order chi connectivity index (χ1) is 26.3. The van der Waals surface area contributed by atoms with E-state index in [1.54, 1.807) is 35.5 Å². The van der Waals surface area contributed by atoms with Crippen LogP contribution in [0.1, 0.15) is 39.9 Å². The number of rotatable bonds is 20. The Kier molecular flexibility index (Phi) is 14.1. The molecule has 0 fully saturated rings. The summed E-state index contributed by atoms with van der Waals surface area (Å²) in [5, 5.41) is 0. The number of carbonyl (C=O) groups excluding carboxylic acids is 1. The molecule has 0 aliphatic heterocycles. The number of carbonyl (C=O) groups is 1. The third-order valence-corrected chi connectivity index (χ3v) is 9.17. The summed E-state index contributed by atoms with van der Waals surface area (Å²) < 4.78 is 41.5. The first-order valence-corrected chi connectivity index (χ1v) is 17.9. The number of hydrogen-bond donors (Lipinski definition) is 1. The number of aromatic nitrogens is 2. The number of methoxy groups -OCH3 is 5. The van der Waals surface area contributed by atoms with Crippen LogP contribution in [-0.2, 0) is 16.0 Å². The van der Waals surface area contributed by atoms with Gasteiger partial charge in [0.25, 0.3) is 0 Å². The number of Topliss-reactive ketones (excluding diaryl/α,β-unsaturated/α-hetero) is 1. The third-order valence-electron chi connectivity index (χ3n) is 9.17.